The number of ketones is 1. The molecule has 6 heteroatoms. The average molecular weight is 420 g/mol. The Kier molecular flexibility index (Phi) is 5.77. The van der Waals surface area contributed by atoms with Crippen LogP contribution in [0, 0.1) is 0 Å². The Bertz CT molecular complexity index is 610. The fraction of sp³-hybridized carbons (Fsp3) is 0.214. The number of benzene rings is 1. The zero-order valence-electron chi connectivity index (χ0n) is 10.7. The van der Waals surface area contributed by atoms with E-state index in [1.54, 1.807) is 25.3 Å². The zero-order chi connectivity index (χ0) is 14.5. The van der Waals surface area contributed by atoms with Gasteiger partial charge in [0.2, 0.25) is 0 Å². The van der Waals surface area contributed by atoms with Crippen molar-refractivity contribution in [2.45, 2.75) is 0 Å². The summed E-state index contributed by atoms with van der Waals surface area (Å²) in [5.41, 5.74) is 1.31. The standard InChI is InChI=1S/C14H12Br2O3S/c1-18-4-5-19-12-3-2-9(6-11(12)15)14(17)10-7-13(16)20-8-10/h2-3,6-8H,4-5H2,1H3. The fourth-order valence-electron chi connectivity index (χ4n) is 1.59. The van der Waals surface area contributed by atoms with Crippen LogP contribution in [0.15, 0.2) is 37.9 Å². The van der Waals surface area contributed by atoms with E-state index in [2.05, 4.69) is 31.9 Å². The first kappa shape index (κ1) is 15.7. The molecule has 1 heterocycles. The van der Waals surface area contributed by atoms with Crippen LogP contribution in [0.5, 0.6) is 5.75 Å². The van der Waals surface area contributed by atoms with Crippen LogP contribution in [0.4, 0.5) is 0 Å². The largest absolute Gasteiger partial charge is 0.490 e. The Labute approximate surface area is 138 Å². The molecule has 2 rings (SSSR count). The lowest BCUT2D eigenvalue weighted by Crippen LogP contribution is -2.05. The SMILES string of the molecule is COCCOc1ccc(C(=O)c2csc(Br)c2)cc1Br. The van der Waals surface area contributed by atoms with E-state index in [9.17, 15) is 4.79 Å². The molecule has 0 saturated carbocycles. The Hall–Kier alpha value is -0.690. The maximum atomic E-state index is 12.3. The number of rotatable bonds is 6. The van der Waals surface area contributed by atoms with Crippen LogP contribution in [-0.4, -0.2) is 26.1 Å². The van der Waals surface area contributed by atoms with Crippen molar-refractivity contribution in [1.82, 2.24) is 0 Å². The predicted molar refractivity (Wildman–Crippen MR) is 87.0 cm³/mol. The van der Waals surface area contributed by atoms with Gasteiger partial charge in [-0.2, -0.15) is 0 Å². The van der Waals surface area contributed by atoms with Gasteiger partial charge in [-0.15, -0.1) is 11.3 Å². The number of ether oxygens (including phenoxy) is 2. The number of methoxy groups -OCH3 is 1. The highest BCUT2D eigenvalue weighted by atomic mass is 79.9. The Morgan fingerprint density at radius 2 is 2.00 bits per heavy atom. The van der Waals surface area contributed by atoms with Gasteiger partial charge < -0.3 is 9.47 Å². The summed E-state index contributed by atoms with van der Waals surface area (Å²) in [6.07, 6.45) is 0. The molecule has 0 N–H and O–H groups in total. The van der Waals surface area contributed by atoms with Gasteiger partial charge in [0, 0.05) is 23.6 Å². The molecule has 0 saturated heterocycles. The van der Waals surface area contributed by atoms with Gasteiger partial charge in [0.05, 0.1) is 14.9 Å². The predicted octanol–water partition coefficient (Wildman–Crippen LogP) is 4.53. The quantitative estimate of drug-likeness (QED) is 0.509. The monoisotopic (exact) mass is 418 g/mol. The number of carbonyl (C=O) groups excluding carboxylic acids is 1. The van der Waals surface area contributed by atoms with Crippen molar-refractivity contribution < 1.29 is 14.3 Å². The van der Waals surface area contributed by atoms with E-state index in [1.165, 1.54) is 11.3 Å². The van der Waals surface area contributed by atoms with E-state index < -0.39 is 0 Å². The van der Waals surface area contributed by atoms with E-state index >= 15 is 0 Å². The molecule has 1 aromatic carbocycles. The molecule has 2 aromatic rings. The molecule has 0 amide bonds. The van der Waals surface area contributed by atoms with E-state index in [-0.39, 0.29) is 5.78 Å². The van der Waals surface area contributed by atoms with Gasteiger partial charge >= 0.3 is 0 Å². The van der Waals surface area contributed by atoms with Crippen molar-refractivity contribution >= 4 is 49.0 Å². The van der Waals surface area contributed by atoms with E-state index in [4.69, 9.17) is 9.47 Å². The molecule has 20 heavy (non-hydrogen) atoms. The Morgan fingerprint density at radius 3 is 2.60 bits per heavy atom. The second kappa shape index (κ2) is 7.36. The molecule has 1 aromatic heterocycles. The summed E-state index contributed by atoms with van der Waals surface area (Å²) in [5, 5.41) is 1.84. The van der Waals surface area contributed by atoms with Crippen LogP contribution in [0.25, 0.3) is 0 Å². The summed E-state index contributed by atoms with van der Waals surface area (Å²) >= 11 is 8.27. The minimum Gasteiger partial charge on any atom is -0.490 e. The molecular weight excluding hydrogens is 408 g/mol. The normalized spacial score (nSPS) is 10.6. The van der Waals surface area contributed by atoms with Crippen molar-refractivity contribution in [2.24, 2.45) is 0 Å². The number of hydrogen-bond acceptors (Lipinski definition) is 4. The Balaban J connectivity index is 2.14. The number of thiophene rings is 1. The second-order valence-corrected chi connectivity index (χ2v) is 7.10. The smallest absolute Gasteiger partial charge is 0.193 e. The second-order valence-electron chi connectivity index (χ2n) is 3.96. The van der Waals surface area contributed by atoms with Gasteiger partial charge in [-0.05, 0) is 56.1 Å². The van der Waals surface area contributed by atoms with Gasteiger partial charge in [0.1, 0.15) is 12.4 Å². The molecule has 0 aliphatic heterocycles. The molecule has 106 valence electrons. The third-order valence-electron chi connectivity index (χ3n) is 2.57. The minimum atomic E-state index is -0.00362. The fourth-order valence-corrected chi connectivity index (χ4v) is 3.22. The van der Waals surface area contributed by atoms with Crippen molar-refractivity contribution in [3.8, 4) is 5.75 Å². The van der Waals surface area contributed by atoms with Crippen LogP contribution in [0.3, 0.4) is 0 Å². The van der Waals surface area contributed by atoms with Crippen molar-refractivity contribution in [1.29, 1.82) is 0 Å². The summed E-state index contributed by atoms with van der Waals surface area (Å²) in [4.78, 5) is 12.3. The summed E-state index contributed by atoms with van der Waals surface area (Å²) in [6, 6.07) is 7.15. The number of hydrogen-bond donors (Lipinski definition) is 0. The van der Waals surface area contributed by atoms with E-state index in [0.717, 1.165) is 8.26 Å². The Morgan fingerprint density at radius 1 is 1.20 bits per heavy atom. The maximum Gasteiger partial charge on any atom is 0.193 e. The van der Waals surface area contributed by atoms with E-state index in [0.29, 0.717) is 30.1 Å². The third kappa shape index (κ3) is 3.91. The topological polar surface area (TPSA) is 35.5 Å². The van der Waals surface area contributed by atoms with Gasteiger partial charge in [-0.3, -0.25) is 4.79 Å². The molecule has 3 nitrogen and oxygen atoms in total. The van der Waals surface area contributed by atoms with Crippen molar-refractivity contribution in [3.63, 3.8) is 0 Å². The van der Waals surface area contributed by atoms with Crippen LogP contribution >= 0.6 is 43.2 Å². The highest BCUT2D eigenvalue weighted by Gasteiger charge is 2.13. The highest BCUT2D eigenvalue weighted by Crippen LogP contribution is 2.28. The molecule has 0 spiro atoms. The lowest BCUT2D eigenvalue weighted by atomic mass is 10.1. The molecule has 0 radical (unpaired) electrons. The van der Waals surface area contributed by atoms with Gasteiger partial charge in [0.25, 0.3) is 0 Å². The zero-order valence-corrected chi connectivity index (χ0v) is 14.7. The van der Waals surface area contributed by atoms with Crippen molar-refractivity contribution in [3.05, 3.63) is 49.0 Å². The van der Waals surface area contributed by atoms with Crippen LogP contribution in [-0.2, 0) is 4.74 Å². The molecule has 0 aliphatic rings. The van der Waals surface area contributed by atoms with Gasteiger partial charge in [0.15, 0.2) is 5.78 Å². The third-order valence-corrected chi connectivity index (χ3v) is 4.69. The summed E-state index contributed by atoms with van der Waals surface area (Å²) < 4.78 is 12.2. The van der Waals surface area contributed by atoms with Crippen molar-refractivity contribution in [2.75, 3.05) is 20.3 Å². The summed E-state index contributed by atoms with van der Waals surface area (Å²) in [6.45, 7) is 0.996. The highest BCUT2D eigenvalue weighted by molar-refractivity contribution is 9.11. The van der Waals surface area contributed by atoms with Gasteiger partial charge in [-0.1, -0.05) is 0 Å². The van der Waals surface area contributed by atoms with Crippen LogP contribution in [0.1, 0.15) is 15.9 Å². The molecule has 0 fully saturated rings. The number of halogens is 2. The lowest BCUT2D eigenvalue weighted by Gasteiger charge is -2.08. The first-order valence-electron chi connectivity index (χ1n) is 5.82. The number of carbonyl (C=O) groups is 1. The summed E-state index contributed by atoms with van der Waals surface area (Å²) in [7, 11) is 1.62. The summed E-state index contributed by atoms with van der Waals surface area (Å²) in [5.74, 6) is 0.696. The first-order valence-corrected chi connectivity index (χ1v) is 8.28. The molecule has 0 bridgehead atoms. The van der Waals surface area contributed by atoms with E-state index in [1.807, 2.05) is 11.4 Å². The van der Waals surface area contributed by atoms with Gasteiger partial charge in [-0.25, -0.2) is 0 Å². The van der Waals surface area contributed by atoms with Crippen LogP contribution < -0.4 is 4.74 Å². The van der Waals surface area contributed by atoms with Crippen LogP contribution in [0.2, 0.25) is 0 Å². The molecular formula is C14H12Br2O3S. The lowest BCUT2D eigenvalue weighted by molar-refractivity contribution is 0.103. The average Bonchev–Trinajstić information content (AvgIpc) is 2.86. The minimum absolute atomic E-state index is 0.00362. The maximum absolute atomic E-state index is 12.3. The first-order chi connectivity index (χ1) is 9.61. The molecule has 0 unspecified atom stereocenters. The molecule has 0 atom stereocenters. The molecule has 0 aliphatic carbocycles.